The predicted octanol–water partition coefficient (Wildman–Crippen LogP) is -0.297. The standard InChI is InChI=1S/C22H26F2N8O6/c1-37-21(35)27-8-15-10-32(22(36)38-15)14-6-16(23)20(17(24)7-14)30-4-2-29(3-5-30)19(34)9-26-18(33)11-31-13-25-12-28-31/h6-7,12-13,15H,2-5,8-11H2,1H3,(H,26,33)(H,27,35)/t15-/m0/s1. The van der Waals surface area contributed by atoms with Crippen molar-refractivity contribution in [3.63, 3.8) is 0 Å². The molecule has 14 nitrogen and oxygen atoms in total. The van der Waals surface area contributed by atoms with E-state index in [0.29, 0.717) is 0 Å². The van der Waals surface area contributed by atoms with Crippen LogP contribution >= 0.6 is 0 Å². The van der Waals surface area contributed by atoms with Gasteiger partial charge < -0.3 is 29.9 Å². The molecule has 4 amide bonds. The van der Waals surface area contributed by atoms with Crippen LogP contribution in [0.4, 0.5) is 29.7 Å². The van der Waals surface area contributed by atoms with Gasteiger partial charge in [-0.25, -0.2) is 28.0 Å². The molecule has 2 aliphatic heterocycles. The number of cyclic esters (lactones) is 1. The van der Waals surface area contributed by atoms with E-state index in [1.165, 1.54) is 34.2 Å². The molecule has 0 bridgehead atoms. The Labute approximate surface area is 215 Å². The van der Waals surface area contributed by atoms with E-state index in [1.807, 2.05) is 0 Å². The van der Waals surface area contributed by atoms with Crippen LogP contribution in [0.2, 0.25) is 0 Å². The van der Waals surface area contributed by atoms with Crippen molar-refractivity contribution >= 4 is 35.4 Å². The smallest absolute Gasteiger partial charge is 0.414 e. The van der Waals surface area contributed by atoms with Gasteiger partial charge in [0.25, 0.3) is 0 Å². The summed E-state index contributed by atoms with van der Waals surface area (Å²) in [6.07, 6.45) is 0.458. The van der Waals surface area contributed by atoms with Crippen LogP contribution in [0, 0.1) is 11.6 Å². The third-order valence-electron chi connectivity index (χ3n) is 6.00. The summed E-state index contributed by atoms with van der Waals surface area (Å²) in [5.74, 6) is -2.47. The summed E-state index contributed by atoms with van der Waals surface area (Å²) in [4.78, 5) is 55.6. The molecule has 1 aromatic carbocycles. The van der Waals surface area contributed by atoms with Crippen molar-refractivity contribution < 1.29 is 37.4 Å². The van der Waals surface area contributed by atoms with E-state index in [-0.39, 0.29) is 69.6 Å². The van der Waals surface area contributed by atoms with E-state index < -0.39 is 35.8 Å². The van der Waals surface area contributed by atoms with Crippen LogP contribution in [0.5, 0.6) is 0 Å². The third kappa shape index (κ3) is 6.24. The molecule has 0 aliphatic carbocycles. The lowest BCUT2D eigenvalue weighted by Crippen LogP contribution is -2.51. The average Bonchev–Trinajstić information content (AvgIpc) is 3.55. The Balaban J connectivity index is 1.30. The second-order valence-corrected chi connectivity index (χ2v) is 8.48. The Morgan fingerprint density at radius 3 is 2.47 bits per heavy atom. The molecule has 2 aliphatic rings. The van der Waals surface area contributed by atoms with Gasteiger partial charge in [0.2, 0.25) is 11.8 Å². The van der Waals surface area contributed by atoms with Gasteiger partial charge in [0.15, 0.2) is 11.6 Å². The fourth-order valence-electron chi connectivity index (χ4n) is 4.10. The number of amides is 4. The number of nitrogens with one attached hydrogen (secondary N) is 2. The zero-order valence-electron chi connectivity index (χ0n) is 20.4. The van der Waals surface area contributed by atoms with Crippen molar-refractivity contribution in [3.8, 4) is 0 Å². The molecule has 0 unspecified atom stereocenters. The molecule has 16 heteroatoms. The highest BCUT2D eigenvalue weighted by Gasteiger charge is 2.34. The van der Waals surface area contributed by atoms with Gasteiger partial charge in [-0.15, -0.1) is 0 Å². The largest absolute Gasteiger partial charge is 0.453 e. The van der Waals surface area contributed by atoms with E-state index in [2.05, 4.69) is 25.5 Å². The van der Waals surface area contributed by atoms with E-state index in [4.69, 9.17) is 4.74 Å². The number of halogens is 2. The summed E-state index contributed by atoms with van der Waals surface area (Å²) in [7, 11) is 1.19. The number of anilines is 2. The minimum atomic E-state index is -0.871. The summed E-state index contributed by atoms with van der Waals surface area (Å²) < 4.78 is 41.0. The lowest BCUT2D eigenvalue weighted by atomic mass is 10.2. The number of carbonyl (C=O) groups excluding carboxylic acids is 4. The lowest BCUT2D eigenvalue weighted by molar-refractivity contribution is -0.133. The van der Waals surface area contributed by atoms with Gasteiger partial charge in [-0.2, -0.15) is 5.10 Å². The number of methoxy groups -OCH3 is 1. The van der Waals surface area contributed by atoms with Gasteiger partial charge in [-0.1, -0.05) is 0 Å². The molecule has 0 spiro atoms. The summed E-state index contributed by atoms with van der Waals surface area (Å²) in [5, 5.41) is 8.73. The Morgan fingerprint density at radius 2 is 1.84 bits per heavy atom. The molecule has 0 saturated carbocycles. The van der Waals surface area contributed by atoms with Crippen LogP contribution in [0.1, 0.15) is 0 Å². The number of hydrogen-bond acceptors (Lipinski definition) is 9. The highest BCUT2D eigenvalue weighted by Crippen LogP contribution is 2.31. The first-order chi connectivity index (χ1) is 18.2. The van der Waals surface area contributed by atoms with E-state index in [9.17, 15) is 19.2 Å². The van der Waals surface area contributed by atoms with Gasteiger partial charge in [0, 0.05) is 38.3 Å². The lowest BCUT2D eigenvalue weighted by Gasteiger charge is -2.36. The number of aromatic nitrogens is 3. The molecular weight excluding hydrogens is 510 g/mol. The van der Waals surface area contributed by atoms with Crippen molar-refractivity contribution in [2.45, 2.75) is 12.6 Å². The molecule has 1 atom stereocenters. The SMILES string of the molecule is COC(=O)NC[C@H]1CN(c2cc(F)c(N3CCN(C(=O)CNC(=O)Cn4cncn4)CC3)c(F)c2)C(=O)O1. The normalized spacial score (nSPS) is 17.3. The number of carbonyl (C=O) groups is 4. The van der Waals surface area contributed by atoms with Crippen molar-refractivity contribution in [1.82, 2.24) is 30.3 Å². The molecule has 2 fully saturated rings. The monoisotopic (exact) mass is 536 g/mol. The Bertz CT molecular complexity index is 1170. The average molecular weight is 536 g/mol. The van der Waals surface area contributed by atoms with Crippen molar-refractivity contribution in [1.29, 1.82) is 0 Å². The number of piperazine rings is 1. The van der Waals surface area contributed by atoms with E-state index in [1.54, 1.807) is 0 Å². The Hall–Kier alpha value is -4.50. The summed E-state index contributed by atoms with van der Waals surface area (Å²) in [6, 6.07) is 2.08. The molecule has 2 aromatic rings. The summed E-state index contributed by atoms with van der Waals surface area (Å²) in [6.45, 7) is 0.404. The maximum absolute atomic E-state index is 15.0. The van der Waals surface area contributed by atoms with Crippen LogP contribution in [0.25, 0.3) is 0 Å². The molecule has 204 valence electrons. The summed E-state index contributed by atoms with van der Waals surface area (Å²) in [5.41, 5.74) is -0.289. The minimum absolute atomic E-state index is 0.0167. The quantitative estimate of drug-likeness (QED) is 0.463. The zero-order valence-corrected chi connectivity index (χ0v) is 20.4. The maximum Gasteiger partial charge on any atom is 0.414 e. The number of alkyl carbamates (subject to hydrolysis) is 1. The third-order valence-corrected chi connectivity index (χ3v) is 6.00. The van der Waals surface area contributed by atoms with E-state index >= 15 is 8.78 Å². The van der Waals surface area contributed by atoms with E-state index in [0.717, 1.165) is 17.0 Å². The number of nitrogens with zero attached hydrogens (tertiary/aromatic N) is 6. The highest BCUT2D eigenvalue weighted by molar-refractivity contribution is 5.90. The number of rotatable bonds is 8. The highest BCUT2D eigenvalue weighted by atomic mass is 19.1. The van der Waals surface area contributed by atoms with Crippen LogP contribution in [0.15, 0.2) is 24.8 Å². The Morgan fingerprint density at radius 1 is 1.13 bits per heavy atom. The van der Waals surface area contributed by atoms with Crippen molar-refractivity contribution in [3.05, 3.63) is 36.4 Å². The Kier molecular flexibility index (Phi) is 8.18. The van der Waals surface area contributed by atoms with Gasteiger partial charge in [0.05, 0.1) is 32.4 Å². The van der Waals surface area contributed by atoms with Crippen LogP contribution in [0.3, 0.4) is 0 Å². The molecule has 38 heavy (non-hydrogen) atoms. The molecular formula is C22H26F2N8O6. The predicted molar refractivity (Wildman–Crippen MR) is 126 cm³/mol. The minimum Gasteiger partial charge on any atom is -0.453 e. The first kappa shape index (κ1) is 26.6. The number of hydrogen-bond donors (Lipinski definition) is 2. The van der Waals surface area contributed by atoms with Crippen molar-refractivity contribution in [2.75, 3.05) is 62.7 Å². The molecule has 2 N–H and O–H groups in total. The number of benzene rings is 1. The van der Waals surface area contributed by atoms with Gasteiger partial charge in [-0.05, 0) is 0 Å². The first-order valence-corrected chi connectivity index (χ1v) is 11.7. The van der Waals surface area contributed by atoms with Crippen LogP contribution in [-0.2, 0) is 25.6 Å². The fourth-order valence-corrected chi connectivity index (χ4v) is 4.10. The second-order valence-electron chi connectivity index (χ2n) is 8.48. The van der Waals surface area contributed by atoms with Crippen LogP contribution in [-0.4, -0.2) is 103 Å². The molecule has 1 aromatic heterocycles. The van der Waals surface area contributed by atoms with Gasteiger partial charge in [0.1, 0.15) is 31.0 Å². The first-order valence-electron chi connectivity index (χ1n) is 11.7. The summed E-state index contributed by atoms with van der Waals surface area (Å²) >= 11 is 0. The van der Waals surface area contributed by atoms with Crippen LogP contribution < -0.4 is 20.4 Å². The maximum atomic E-state index is 15.0. The second kappa shape index (κ2) is 11.7. The van der Waals surface area contributed by atoms with Crippen molar-refractivity contribution in [2.24, 2.45) is 0 Å². The molecule has 4 rings (SSSR count). The van der Waals surface area contributed by atoms with Gasteiger partial charge in [-0.3, -0.25) is 14.5 Å². The molecule has 0 radical (unpaired) electrons. The van der Waals surface area contributed by atoms with Gasteiger partial charge >= 0.3 is 12.2 Å². The topological polar surface area (TPSA) is 151 Å². The number of ether oxygens (including phenoxy) is 2. The molecule has 3 heterocycles. The molecule has 2 saturated heterocycles. The fraction of sp³-hybridized carbons (Fsp3) is 0.455. The zero-order chi connectivity index (χ0) is 27.2.